The Hall–Kier alpha value is -4.19. The number of fused-ring (bicyclic) bond motifs is 3. The molecule has 0 radical (unpaired) electrons. The lowest BCUT2D eigenvalue weighted by Crippen LogP contribution is -2.49. The van der Waals surface area contributed by atoms with Gasteiger partial charge in [0.25, 0.3) is 5.91 Å². The monoisotopic (exact) mass is 625 g/mol. The van der Waals surface area contributed by atoms with Gasteiger partial charge in [-0.3, -0.25) is 19.4 Å². The molecule has 3 amide bonds. The lowest BCUT2D eigenvalue weighted by molar-refractivity contribution is -0.202. The fourth-order valence-electron chi connectivity index (χ4n) is 6.37. The molecule has 2 aromatic carbocycles. The summed E-state index contributed by atoms with van der Waals surface area (Å²) in [6, 6.07) is 16.7. The van der Waals surface area contributed by atoms with Gasteiger partial charge in [0.2, 0.25) is 11.8 Å². The van der Waals surface area contributed by atoms with Crippen molar-refractivity contribution in [2.24, 2.45) is 5.92 Å². The summed E-state index contributed by atoms with van der Waals surface area (Å²) in [6.07, 6.45) is 4.98. The van der Waals surface area contributed by atoms with E-state index in [0.717, 1.165) is 39.9 Å². The quantitative estimate of drug-likeness (QED) is 0.248. The topological polar surface area (TPSA) is 126 Å². The van der Waals surface area contributed by atoms with E-state index >= 15 is 0 Å². The number of carbonyl (C=O) groups is 3. The highest BCUT2D eigenvalue weighted by Crippen LogP contribution is 2.39. The maximum atomic E-state index is 13.7. The van der Waals surface area contributed by atoms with Crippen molar-refractivity contribution >= 4 is 40.4 Å². The van der Waals surface area contributed by atoms with Crippen molar-refractivity contribution in [1.82, 2.24) is 25.5 Å². The Morgan fingerprint density at radius 3 is 2.73 bits per heavy atom. The second kappa shape index (κ2) is 12.7. The van der Waals surface area contributed by atoms with Gasteiger partial charge in [-0.25, -0.2) is 0 Å². The number of aromatic nitrogens is 2. The molecular formula is C34H35N5O5S. The van der Waals surface area contributed by atoms with Gasteiger partial charge in [0.15, 0.2) is 6.29 Å². The molecule has 3 aliphatic rings. The van der Waals surface area contributed by atoms with E-state index in [4.69, 9.17) is 9.47 Å². The van der Waals surface area contributed by atoms with Gasteiger partial charge in [-0.05, 0) is 73.7 Å². The molecule has 0 spiro atoms. The Labute approximate surface area is 265 Å². The van der Waals surface area contributed by atoms with E-state index < -0.39 is 12.3 Å². The molecule has 7 rings (SSSR count). The van der Waals surface area contributed by atoms with E-state index in [1.807, 2.05) is 43.3 Å². The van der Waals surface area contributed by atoms with E-state index in [0.29, 0.717) is 31.7 Å². The Morgan fingerprint density at radius 1 is 1.07 bits per heavy atom. The van der Waals surface area contributed by atoms with Crippen LogP contribution in [0.5, 0.6) is 0 Å². The number of rotatable bonds is 7. The summed E-state index contributed by atoms with van der Waals surface area (Å²) < 4.78 is 11.7. The molecule has 0 bridgehead atoms. The number of pyridine rings is 1. The predicted molar refractivity (Wildman–Crippen MR) is 169 cm³/mol. The van der Waals surface area contributed by atoms with Gasteiger partial charge in [-0.15, -0.1) is 0 Å². The van der Waals surface area contributed by atoms with Crippen LogP contribution in [-0.4, -0.2) is 71.2 Å². The molecule has 4 aromatic rings. The molecule has 11 heteroatoms. The number of carbonyl (C=O) groups excluding carboxylic acids is 3. The number of nitrogens with one attached hydrogen (secondary N) is 3. The molecule has 10 nitrogen and oxygen atoms in total. The van der Waals surface area contributed by atoms with Crippen molar-refractivity contribution < 1.29 is 23.9 Å². The van der Waals surface area contributed by atoms with Gasteiger partial charge in [0.05, 0.1) is 25.8 Å². The lowest BCUT2D eigenvalue weighted by atomic mass is 10.0. The van der Waals surface area contributed by atoms with E-state index in [9.17, 15) is 14.4 Å². The summed E-state index contributed by atoms with van der Waals surface area (Å²) in [6.45, 7) is 3.15. The predicted octanol–water partition coefficient (Wildman–Crippen LogP) is 4.21. The fraction of sp³-hybridized carbons (Fsp3) is 0.353. The molecule has 0 unspecified atom stereocenters. The van der Waals surface area contributed by atoms with Gasteiger partial charge in [-0.2, -0.15) is 0 Å². The Kier molecular flexibility index (Phi) is 8.31. The SMILES string of the molecule is C[C@@H](NC(=O)[C@@H]1C[C@H](C2OCCCO2)CN1C(=O)CNC(=O)c1ccc2c(c1)Cc1ccccc1S2)c1cc2cnccc2[nH]1. The summed E-state index contributed by atoms with van der Waals surface area (Å²) >= 11 is 1.70. The average Bonchev–Trinajstić information content (AvgIpc) is 3.72. The highest BCUT2D eigenvalue weighted by Gasteiger charge is 2.44. The highest BCUT2D eigenvalue weighted by molar-refractivity contribution is 7.99. The van der Waals surface area contributed by atoms with Gasteiger partial charge in [0.1, 0.15) is 6.04 Å². The second-order valence-electron chi connectivity index (χ2n) is 11.8. The number of H-pyrrole nitrogens is 1. The van der Waals surface area contributed by atoms with Gasteiger partial charge >= 0.3 is 0 Å². The fourth-order valence-corrected chi connectivity index (χ4v) is 7.43. The summed E-state index contributed by atoms with van der Waals surface area (Å²) in [5.74, 6) is -1.07. The first-order valence-corrected chi connectivity index (χ1v) is 16.2. The van der Waals surface area contributed by atoms with Crippen LogP contribution in [0.4, 0.5) is 0 Å². The molecule has 5 heterocycles. The van der Waals surface area contributed by atoms with Crippen LogP contribution >= 0.6 is 11.8 Å². The normalized spacial score (nSPS) is 20.3. The van der Waals surface area contributed by atoms with Crippen molar-refractivity contribution in [2.75, 3.05) is 26.3 Å². The Bertz CT molecular complexity index is 1720. The standard InChI is InChI=1S/C34H35N5O5S/c1-20(27-15-24-17-35-10-9-26(24)38-27)37-33(42)28-16-25(34-43-11-4-12-44-34)19-39(28)31(40)18-36-32(41)22-7-8-30-23(14-22)13-21-5-2-3-6-29(21)45-30/h2-3,5-10,14-15,17,20,25,28,34,38H,4,11-13,16,18-19H2,1H3,(H,36,41)(H,37,42)/t20-,25+,28+/m1/s1. The minimum absolute atomic E-state index is 0.156. The molecule has 0 aliphatic carbocycles. The minimum atomic E-state index is -0.720. The van der Waals surface area contributed by atoms with E-state index in [1.54, 1.807) is 35.1 Å². The second-order valence-corrected chi connectivity index (χ2v) is 12.9. The number of nitrogens with zero attached hydrogens (tertiary/aromatic N) is 2. The van der Waals surface area contributed by atoms with Crippen LogP contribution < -0.4 is 10.6 Å². The zero-order valence-corrected chi connectivity index (χ0v) is 25.8. The molecule has 2 saturated heterocycles. The molecule has 2 fully saturated rings. The molecule has 0 saturated carbocycles. The van der Waals surface area contributed by atoms with E-state index in [1.165, 1.54) is 10.5 Å². The number of amides is 3. The molecule has 3 N–H and O–H groups in total. The Balaban J connectivity index is 1.02. The largest absolute Gasteiger partial charge is 0.357 e. The number of benzene rings is 2. The maximum Gasteiger partial charge on any atom is 0.251 e. The third-order valence-corrected chi connectivity index (χ3v) is 9.99. The third kappa shape index (κ3) is 6.20. The first-order valence-electron chi connectivity index (χ1n) is 15.4. The lowest BCUT2D eigenvalue weighted by Gasteiger charge is -2.28. The van der Waals surface area contributed by atoms with Crippen LogP contribution in [-0.2, 0) is 25.5 Å². The summed E-state index contributed by atoms with van der Waals surface area (Å²) in [4.78, 5) is 51.9. The molecule has 3 aliphatic heterocycles. The molecule has 2 aromatic heterocycles. The van der Waals surface area contributed by atoms with Crippen LogP contribution in [0.25, 0.3) is 10.9 Å². The van der Waals surface area contributed by atoms with Crippen LogP contribution in [0.1, 0.15) is 53.0 Å². The number of hydrogen-bond donors (Lipinski definition) is 3. The van der Waals surface area contributed by atoms with Crippen LogP contribution in [0.15, 0.2) is 76.8 Å². The van der Waals surface area contributed by atoms with Crippen LogP contribution in [0, 0.1) is 5.92 Å². The van der Waals surface area contributed by atoms with Crippen molar-refractivity contribution in [3.63, 3.8) is 0 Å². The van der Waals surface area contributed by atoms with Crippen molar-refractivity contribution in [1.29, 1.82) is 0 Å². The van der Waals surface area contributed by atoms with Crippen molar-refractivity contribution in [3.8, 4) is 0 Å². The zero-order chi connectivity index (χ0) is 30.9. The highest BCUT2D eigenvalue weighted by atomic mass is 32.2. The van der Waals surface area contributed by atoms with Gasteiger partial charge < -0.3 is 30.0 Å². The maximum absolute atomic E-state index is 13.7. The summed E-state index contributed by atoms with van der Waals surface area (Å²) in [5, 5.41) is 6.83. The number of likely N-dealkylation sites (tertiary alicyclic amines) is 1. The molecule has 232 valence electrons. The van der Waals surface area contributed by atoms with Crippen LogP contribution in [0.3, 0.4) is 0 Å². The zero-order valence-electron chi connectivity index (χ0n) is 25.0. The van der Waals surface area contributed by atoms with Crippen molar-refractivity contribution in [3.05, 3.63) is 89.4 Å². The molecule has 45 heavy (non-hydrogen) atoms. The molecule has 3 atom stereocenters. The molecular weight excluding hydrogens is 590 g/mol. The number of aromatic amines is 1. The van der Waals surface area contributed by atoms with E-state index in [2.05, 4.69) is 32.7 Å². The van der Waals surface area contributed by atoms with Crippen LogP contribution in [0.2, 0.25) is 0 Å². The summed E-state index contributed by atoms with van der Waals surface area (Å²) in [7, 11) is 0. The van der Waals surface area contributed by atoms with Gasteiger partial charge in [0, 0.05) is 56.8 Å². The third-order valence-electron chi connectivity index (χ3n) is 8.76. The van der Waals surface area contributed by atoms with Gasteiger partial charge in [-0.1, -0.05) is 30.0 Å². The summed E-state index contributed by atoms with van der Waals surface area (Å²) in [5.41, 5.74) is 4.60. The smallest absolute Gasteiger partial charge is 0.251 e. The first-order chi connectivity index (χ1) is 21.9. The first kappa shape index (κ1) is 29.5. The number of hydrogen-bond acceptors (Lipinski definition) is 7. The minimum Gasteiger partial charge on any atom is -0.357 e. The number of ether oxygens (including phenoxy) is 2. The van der Waals surface area contributed by atoms with E-state index in [-0.39, 0.29) is 36.2 Å². The van der Waals surface area contributed by atoms with Crippen molar-refractivity contribution in [2.45, 2.75) is 54.4 Å². The average molecular weight is 626 g/mol. The Morgan fingerprint density at radius 2 is 1.89 bits per heavy atom.